The summed E-state index contributed by atoms with van der Waals surface area (Å²) in [4.78, 5) is 2.27. The quantitative estimate of drug-likeness (QED) is 0.675. The third-order valence-corrected chi connectivity index (χ3v) is 5.34. The Kier molecular flexibility index (Phi) is 4.86. The minimum absolute atomic E-state index is 0.0736. The van der Waals surface area contributed by atoms with E-state index in [0.717, 1.165) is 29.6 Å². The van der Waals surface area contributed by atoms with Crippen molar-refractivity contribution in [2.75, 3.05) is 19.0 Å². The molecule has 138 valence electrons. The van der Waals surface area contributed by atoms with Crippen molar-refractivity contribution in [3.63, 3.8) is 0 Å². The Bertz CT molecular complexity index is 948. The first-order valence-electron chi connectivity index (χ1n) is 9.09. The van der Waals surface area contributed by atoms with Gasteiger partial charge < -0.3 is 19.5 Å². The van der Waals surface area contributed by atoms with Gasteiger partial charge in [-0.1, -0.05) is 24.3 Å². The Hall–Kier alpha value is -2.79. The van der Waals surface area contributed by atoms with Gasteiger partial charge in [0.15, 0.2) is 5.11 Å². The molecule has 27 heavy (non-hydrogen) atoms. The van der Waals surface area contributed by atoms with Gasteiger partial charge in [-0.25, -0.2) is 0 Å². The van der Waals surface area contributed by atoms with Crippen LogP contribution < -0.4 is 10.1 Å². The summed E-state index contributed by atoms with van der Waals surface area (Å²) in [7, 11) is 1.69. The zero-order valence-electron chi connectivity index (χ0n) is 15.6. The van der Waals surface area contributed by atoms with Crippen LogP contribution >= 0.6 is 12.2 Å². The van der Waals surface area contributed by atoms with Crippen LogP contribution in [0.1, 0.15) is 22.9 Å². The maximum absolute atomic E-state index is 5.81. The van der Waals surface area contributed by atoms with Crippen LogP contribution in [0.15, 0.2) is 66.9 Å². The minimum Gasteiger partial charge on any atom is -0.497 e. The summed E-state index contributed by atoms with van der Waals surface area (Å²) in [5, 5.41) is 4.17. The lowest BCUT2D eigenvalue weighted by Crippen LogP contribution is -2.44. The van der Waals surface area contributed by atoms with Gasteiger partial charge >= 0.3 is 0 Å². The number of benzene rings is 2. The van der Waals surface area contributed by atoms with Crippen molar-refractivity contribution >= 4 is 23.0 Å². The lowest BCUT2D eigenvalue weighted by atomic mass is 10.00. The van der Waals surface area contributed by atoms with Crippen LogP contribution in [0.3, 0.4) is 0 Å². The molecule has 0 radical (unpaired) electrons. The predicted octanol–water partition coefficient (Wildman–Crippen LogP) is 4.61. The van der Waals surface area contributed by atoms with Crippen LogP contribution in [0.25, 0.3) is 0 Å². The van der Waals surface area contributed by atoms with E-state index in [0.29, 0.717) is 0 Å². The zero-order valence-corrected chi connectivity index (χ0v) is 16.4. The molecule has 4 rings (SSSR count). The van der Waals surface area contributed by atoms with Crippen LogP contribution in [0.2, 0.25) is 0 Å². The number of ether oxygens (including phenoxy) is 1. The van der Waals surface area contributed by atoms with Crippen LogP contribution in [-0.4, -0.2) is 28.2 Å². The third-order valence-electron chi connectivity index (χ3n) is 5.00. The first kappa shape index (κ1) is 17.6. The van der Waals surface area contributed by atoms with E-state index in [9.17, 15) is 0 Å². The van der Waals surface area contributed by atoms with E-state index in [1.165, 1.54) is 16.8 Å². The number of nitrogens with one attached hydrogen (secondary N) is 1. The number of aromatic nitrogens is 1. The Morgan fingerprint density at radius 3 is 2.63 bits per heavy atom. The maximum Gasteiger partial charge on any atom is 0.174 e. The number of aryl methyl sites for hydroxylation is 1. The number of fused-ring (bicyclic) bond motifs is 1. The fourth-order valence-electron chi connectivity index (χ4n) is 3.66. The predicted molar refractivity (Wildman–Crippen MR) is 113 cm³/mol. The lowest BCUT2D eigenvalue weighted by molar-refractivity contribution is 0.293. The first-order valence-corrected chi connectivity index (χ1v) is 9.50. The number of nitrogens with zero attached hydrogens (tertiary/aromatic N) is 2. The van der Waals surface area contributed by atoms with E-state index in [-0.39, 0.29) is 6.04 Å². The molecule has 1 atom stereocenters. The zero-order chi connectivity index (χ0) is 18.8. The maximum atomic E-state index is 5.81. The Morgan fingerprint density at radius 1 is 1.07 bits per heavy atom. The van der Waals surface area contributed by atoms with E-state index in [4.69, 9.17) is 17.0 Å². The van der Waals surface area contributed by atoms with Crippen molar-refractivity contribution in [2.45, 2.75) is 19.5 Å². The summed E-state index contributed by atoms with van der Waals surface area (Å²) in [6.45, 7) is 3.86. The molecule has 1 aromatic heterocycles. The highest BCUT2D eigenvalue weighted by molar-refractivity contribution is 7.80. The second-order valence-electron chi connectivity index (χ2n) is 6.80. The normalized spacial score (nSPS) is 15.9. The summed E-state index contributed by atoms with van der Waals surface area (Å²) >= 11 is 5.81. The Balaban J connectivity index is 1.66. The fraction of sp³-hybridized carbons (Fsp3) is 0.227. The number of hydrogen-bond acceptors (Lipinski definition) is 2. The van der Waals surface area contributed by atoms with Gasteiger partial charge in [0.05, 0.1) is 13.2 Å². The molecule has 3 aromatic rings. The van der Waals surface area contributed by atoms with E-state index in [1.807, 2.05) is 24.3 Å². The molecule has 0 fully saturated rings. The number of rotatable bonds is 3. The average Bonchev–Trinajstić information content (AvgIpc) is 3.16. The molecule has 1 aliphatic heterocycles. The molecule has 0 amide bonds. The molecule has 0 spiro atoms. The monoisotopic (exact) mass is 377 g/mol. The largest absolute Gasteiger partial charge is 0.497 e. The van der Waals surface area contributed by atoms with E-state index in [1.54, 1.807) is 7.11 Å². The Morgan fingerprint density at radius 2 is 1.89 bits per heavy atom. The molecule has 5 heteroatoms. The third kappa shape index (κ3) is 3.55. The van der Waals surface area contributed by atoms with Crippen LogP contribution in [0.4, 0.5) is 5.69 Å². The first-order chi connectivity index (χ1) is 13.2. The topological polar surface area (TPSA) is 29.4 Å². The number of methoxy groups -OCH3 is 1. The van der Waals surface area contributed by atoms with Gasteiger partial charge in [0.1, 0.15) is 5.75 Å². The van der Waals surface area contributed by atoms with Crippen molar-refractivity contribution in [1.82, 2.24) is 9.47 Å². The molecule has 2 heterocycles. The van der Waals surface area contributed by atoms with Gasteiger partial charge in [-0.2, -0.15) is 0 Å². The van der Waals surface area contributed by atoms with Crippen molar-refractivity contribution < 1.29 is 4.74 Å². The second-order valence-corrected chi connectivity index (χ2v) is 7.18. The van der Waals surface area contributed by atoms with Crippen molar-refractivity contribution in [3.8, 4) is 5.75 Å². The molecule has 4 nitrogen and oxygen atoms in total. The molecule has 0 aliphatic carbocycles. The van der Waals surface area contributed by atoms with Gasteiger partial charge in [0.25, 0.3) is 0 Å². The summed E-state index contributed by atoms with van der Waals surface area (Å²) in [5.41, 5.74) is 4.68. The summed E-state index contributed by atoms with van der Waals surface area (Å²) in [5.74, 6) is 0.858. The molecule has 0 bridgehead atoms. The average molecular weight is 378 g/mol. The molecule has 1 aliphatic rings. The minimum atomic E-state index is 0.0736. The lowest BCUT2D eigenvalue weighted by Gasteiger charge is -2.39. The number of thiocarbonyl (C=S) groups is 1. The van der Waals surface area contributed by atoms with Gasteiger partial charge in [0.2, 0.25) is 0 Å². The summed E-state index contributed by atoms with van der Waals surface area (Å²) < 4.78 is 7.62. The molecule has 0 unspecified atom stereocenters. The summed E-state index contributed by atoms with van der Waals surface area (Å²) in [6.07, 6.45) is 2.14. The van der Waals surface area contributed by atoms with Gasteiger partial charge in [-0.3, -0.25) is 0 Å². The molecular weight excluding hydrogens is 354 g/mol. The number of hydrogen-bond donors (Lipinski definition) is 1. The fourth-order valence-corrected chi connectivity index (χ4v) is 3.97. The van der Waals surface area contributed by atoms with Gasteiger partial charge in [-0.05, 0) is 66.7 Å². The molecule has 0 saturated heterocycles. The molecular formula is C22H23N3OS. The summed E-state index contributed by atoms with van der Waals surface area (Å²) in [6, 6.07) is 20.9. The highest BCUT2D eigenvalue weighted by atomic mass is 32.1. The van der Waals surface area contributed by atoms with Crippen LogP contribution in [0.5, 0.6) is 5.75 Å². The Labute approximate surface area is 165 Å². The standard InChI is InChI=1S/C22H23N3OS/c1-16-5-3-6-18(15-16)23-22(27)25-14-13-24-12-4-7-20(24)21(25)17-8-10-19(26-2)11-9-17/h3-12,15,21H,13-14H2,1-2H3,(H,23,27)/t21-/m0/s1. The number of anilines is 1. The molecule has 1 N–H and O–H groups in total. The highest BCUT2D eigenvalue weighted by Crippen LogP contribution is 2.33. The van der Waals surface area contributed by atoms with E-state index < -0.39 is 0 Å². The molecule has 0 saturated carbocycles. The smallest absolute Gasteiger partial charge is 0.174 e. The SMILES string of the molecule is COc1ccc([C@H]2c3cccn3CCN2C(=S)Nc2cccc(C)c2)cc1. The van der Waals surface area contributed by atoms with Gasteiger partial charge in [0, 0.05) is 30.7 Å². The van der Waals surface area contributed by atoms with Crippen LogP contribution in [-0.2, 0) is 6.54 Å². The van der Waals surface area contributed by atoms with E-state index >= 15 is 0 Å². The molecule has 2 aromatic carbocycles. The second kappa shape index (κ2) is 7.45. The highest BCUT2D eigenvalue weighted by Gasteiger charge is 2.30. The van der Waals surface area contributed by atoms with Crippen molar-refractivity contribution in [2.24, 2.45) is 0 Å². The van der Waals surface area contributed by atoms with Crippen molar-refractivity contribution in [1.29, 1.82) is 0 Å². The van der Waals surface area contributed by atoms with E-state index in [2.05, 4.69) is 64.3 Å². The van der Waals surface area contributed by atoms with Gasteiger partial charge in [-0.15, -0.1) is 0 Å². The van der Waals surface area contributed by atoms with Crippen molar-refractivity contribution in [3.05, 3.63) is 83.7 Å². The van der Waals surface area contributed by atoms with Crippen LogP contribution in [0, 0.1) is 6.92 Å².